The molecular weight excluding hydrogens is 326 g/mol. The molecule has 0 bridgehead atoms. The summed E-state index contributed by atoms with van der Waals surface area (Å²) in [6.07, 6.45) is 2.87. The number of hydrogen-bond acceptors (Lipinski definition) is 3. The van der Waals surface area contributed by atoms with E-state index < -0.39 is 11.6 Å². The number of nitrogens with one attached hydrogen (secondary N) is 2. The van der Waals surface area contributed by atoms with E-state index >= 15 is 0 Å². The zero-order valence-corrected chi connectivity index (χ0v) is 14.6. The van der Waals surface area contributed by atoms with Gasteiger partial charge in [0, 0.05) is 32.6 Å². The number of benzene rings is 1. The fourth-order valence-corrected chi connectivity index (χ4v) is 2.41. The molecule has 0 saturated carbocycles. The lowest BCUT2D eigenvalue weighted by atomic mass is 10.1. The highest BCUT2D eigenvalue weighted by Crippen LogP contribution is 2.11. The predicted molar refractivity (Wildman–Crippen MR) is 93.4 cm³/mol. The lowest BCUT2D eigenvalue weighted by Crippen LogP contribution is -2.39. The molecule has 0 fully saturated rings. The van der Waals surface area contributed by atoms with Crippen LogP contribution in [0.2, 0.25) is 0 Å². The van der Waals surface area contributed by atoms with E-state index in [1.165, 1.54) is 6.07 Å². The Hall–Kier alpha value is -2.51. The summed E-state index contributed by atoms with van der Waals surface area (Å²) in [6.45, 7) is 6.46. The molecule has 0 spiro atoms. The molecule has 1 heterocycles. The van der Waals surface area contributed by atoms with Gasteiger partial charge in [-0.3, -0.25) is 4.99 Å². The number of nitrogens with zero attached hydrogens (tertiary/aromatic N) is 4. The van der Waals surface area contributed by atoms with Crippen molar-refractivity contribution in [3.05, 3.63) is 47.5 Å². The molecule has 0 amide bonds. The minimum Gasteiger partial charge on any atom is -0.357 e. The maximum Gasteiger partial charge on any atom is 0.191 e. The smallest absolute Gasteiger partial charge is 0.191 e. The van der Waals surface area contributed by atoms with Crippen LogP contribution in [0.4, 0.5) is 8.78 Å². The zero-order chi connectivity index (χ0) is 18.1. The molecule has 1 aromatic heterocycles. The van der Waals surface area contributed by atoms with Gasteiger partial charge in [-0.05, 0) is 25.0 Å². The van der Waals surface area contributed by atoms with Gasteiger partial charge in [-0.2, -0.15) is 0 Å². The van der Waals surface area contributed by atoms with Crippen molar-refractivity contribution in [2.45, 2.75) is 33.2 Å². The molecule has 2 N–H and O–H groups in total. The fourth-order valence-electron chi connectivity index (χ4n) is 2.41. The summed E-state index contributed by atoms with van der Waals surface area (Å²) < 4.78 is 28.8. The SMILES string of the molecule is CCNC(=NCCc1cccc(F)c1F)NCCn1cnnc1CC. The van der Waals surface area contributed by atoms with Crippen LogP contribution in [0.3, 0.4) is 0 Å². The van der Waals surface area contributed by atoms with Gasteiger partial charge in [-0.1, -0.05) is 19.1 Å². The molecule has 0 aliphatic rings. The molecule has 8 heteroatoms. The summed E-state index contributed by atoms with van der Waals surface area (Å²) in [6, 6.07) is 4.20. The second-order valence-corrected chi connectivity index (χ2v) is 5.44. The van der Waals surface area contributed by atoms with E-state index in [-0.39, 0.29) is 0 Å². The van der Waals surface area contributed by atoms with E-state index in [1.807, 2.05) is 18.4 Å². The van der Waals surface area contributed by atoms with E-state index in [1.54, 1.807) is 12.4 Å². The molecule has 2 aromatic rings. The number of rotatable bonds is 8. The summed E-state index contributed by atoms with van der Waals surface area (Å²) in [5.74, 6) is -0.0432. The molecule has 0 saturated heterocycles. The Balaban J connectivity index is 1.86. The van der Waals surface area contributed by atoms with Crippen LogP contribution in [0.1, 0.15) is 25.2 Å². The summed E-state index contributed by atoms with van der Waals surface area (Å²) in [4.78, 5) is 4.41. The van der Waals surface area contributed by atoms with Gasteiger partial charge in [-0.25, -0.2) is 8.78 Å². The first-order valence-corrected chi connectivity index (χ1v) is 8.47. The van der Waals surface area contributed by atoms with E-state index in [9.17, 15) is 8.78 Å². The van der Waals surface area contributed by atoms with Gasteiger partial charge in [0.15, 0.2) is 17.6 Å². The van der Waals surface area contributed by atoms with E-state index in [0.717, 1.165) is 24.9 Å². The predicted octanol–water partition coefficient (Wildman–Crippen LogP) is 1.92. The van der Waals surface area contributed by atoms with Gasteiger partial charge in [0.1, 0.15) is 12.2 Å². The van der Waals surface area contributed by atoms with Crippen LogP contribution in [0.25, 0.3) is 0 Å². The highest BCUT2D eigenvalue weighted by Gasteiger charge is 2.07. The molecule has 1 aromatic carbocycles. The Kier molecular flexibility index (Phi) is 7.31. The third-order valence-corrected chi connectivity index (χ3v) is 3.68. The van der Waals surface area contributed by atoms with Gasteiger partial charge in [-0.15, -0.1) is 10.2 Å². The van der Waals surface area contributed by atoms with Gasteiger partial charge in [0.2, 0.25) is 0 Å². The number of aromatic nitrogens is 3. The van der Waals surface area contributed by atoms with Crippen molar-refractivity contribution in [3.63, 3.8) is 0 Å². The number of hydrogen-bond donors (Lipinski definition) is 2. The van der Waals surface area contributed by atoms with Crippen molar-refractivity contribution in [3.8, 4) is 0 Å². The summed E-state index contributed by atoms with van der Waals surface area (Å²) in [7, 11) is 0. The first kappa shape index (κ1) is 18.8. The summed E-state index contributed by atoms with van der Waals surface area (Å²) in [5, 5.41) is 14.3. The molecule has 136 valence electrons. The topological polar surface area (TPSA) is 67.1 Å². The number of aryl methyl sites for hydroxylation is 1. The van der Waals surface area contributed by atoms with Crippen LogP contribution < -0.4 is 10.6 Å². The minimum absolute atomic E-state index is 0.330. The van der Waals surface area contributed by atoms with Crippen molar-refractivity contribution in [1.82, 2.24) is 25.4 Å². The van der Waals surface area contributed by atoms with Crippen molar-refractivity contribution in [2.75, 3.05) is 19.6 Å². The quantitative estimate of drug-likeness (QED) is 0.564. The Morgan fingerprint density at radius 2 is 2.08 bits per heavy atom. The highest BCUT2D eigenvalue weighted by atomic mass is 19.2. The Morgan fingerprint density at radius 1 is 1.24 bits per heavy atom. The minimum atomic E-state index is -0.827. The third-order valence-electron chi connectivity index (χ3n) is 3.68. The molecule has 0 radical (unpaired) electrons. The van der Waals surface area contributed by atoms with E-state index in [2.05, 4.69) is 25.8 Å². The molecule has 0 unspecified atom stereocenters. The second kappa shape index (κ2) is 9.71. The van der Waals surface area contributed by atoms with Crippen LogP contribution in [-0.2, 0) is 19.4 Å². The van der Waals surface area contributed by atoms with Gasteiger partial charge >= 0.3 is 0 Å². The maximum atomic E-state index is 13.6. The average Bonchev–Trinajstić information content (AvgIpc) is 3.06. The van der Waals surface area contributed by atoms with Crippen LogP contribution in [0.15, 0.2) is 29.5 Å². The average molecular weight is 350 g/mol. The first-order chi connectivity index (χ1) is 12.2. The Bertz CT molecular complexity index is 698. The molecule has 25 heavy (non-hydrogen) atoms. The van der Waals surface area contributed by atoms with Gasteiger partial charge < -0.3 is 15.2 Å². The summed E-state index contributed by atoms with van der Waals surface area (Å²) >= 11 is 0. The van der Waals surface area contributed by atoms with Crippen molar-refractivity contribution < 1.29 is 8.78 Å². The molecule has 6 nitrogen and oxygen atoms in total. The second-order valence-electron chi connectivity index (χ2n) is 5.44. The van der Waals surface area contributed by atoms with Gasteiger partial charge in [0.05, 0.1) is 0 Å². The van der Waals surface area contributed by atoms with Gasteiger partial charge in [0.25, 0.3) is 0 Å². The van der Waals surface area contributed by atoms with Crippen LogP contribution in [-0.4, -0.2) is 40.4 Å². The zero-order valence-electron chi connectivity index (χ0n) is 14.6. The maximum absolute atomic E-state index is 13.6. The molecular formula is C17H24F2N6. The highest BCUT2D eigenvalue weighted by molar-refractivity contribution is 5.79. The Morgan fingerprint density at radius 3 is 2.84 bits per heavy atom. The monoisotopic (exact) mass is 350 g/mol. The van der Waals surface area contributed by atoms with Crippen molar-refractivity contribution >= 4 is 5.96 Å². The molecule has 0 atom stereocenters. The lowest BCUT2D eigenvalue weighted by molar-refractivity contribution is 0.499. The Labute approximate surface area is 146 Å². The largest absolute Gasteiger partial charge is 0.357 e. The standard InChI is InChI=1S/C17H24F2N6/c1-3-15-24-23-12-25(15)11-10-22-17(20-4-2)21-9-8-13-6-5-7-14(18)16(13)19/h5-7,12H,3-4,8-11H2,1-2H3,(H2,20,21,22). The molecule has 2 rings (SSSR count). The van der Waals surface area contributed by atoms with Crippen LogP contribution >= 0.6 is 0 Å². The first-order valence-electron chi connectivity index (χ1n) is 8.47. The lowest BCUT2D eigenvalue weighted by Gasteiger charge is -2.12. The molecule has 0 aliphatic carbocycles. The van der Waals surface area contributed by atoms with E-state index in [4.69, 9.17) is 0 Å². The van der Waals surface area contributed by atoms with Crippen LogP contribution in [0, 0.1) is 11.6 Å². The number of guanidine groups is 1. The van der Waals surface area contributed by atoms with Crippen LogP contribution in [0.5, 0.6) is 0 Å². The number of aliphatic imine (C=N–C) groups is 1. The van der Waals surface area contributed by atoms with Crippen molar-refractivity contribution in [1.29, 1.82) is 0 Å². The molecule has 0 aliphatic heterocycles. The summed E-state index contributed by atoms with van der Waals surface area (Å²) in [5.41, 5.74) is 0.330. The fraction of sp³-hybridized carbons (Fsp3) is 0.471. The third kappa shape index (κ3) is 5.51. The number of halogens is 2. The normalized spacial score (nSPS) is 11.6. The van der Waals surface area contributed by atoms with E-state index in [0.29, 0.717) is 37.6 Å². The van der Waals surface area contributed by atoms with Crippen molar-refractivity contribution in [2.24, 2.45) is 4.99 Å².